The molecule has 0 saturated carbocycles. The summed E-state index contributed by atoms with van der Waals surface area (Å²) in [6, 6.07) is 1.08. The van der Waals surface area contributed by atoms with Gasteiger partial charge >= 0.3 is 6.18 Å². The van der Waals surface area contributed by atoms with Crippen LogP contribution in [0.25, 0.3) is 0 Å². The maximum Gasteiger partial charge on any atom is 0.433 e. The van der Waals surface area contributed by atoms with Gasteiger partial charge in [0.25, 0.3) is 0 Å². The lowest BCUT2D eigenvalue weighted by Crippen LogP contribution is -2.45. The smallest absolute Gasteiger partial charge is 0.356 e. The molecule has 0 spiro atoms. The Morgan fingerprint density at radius 1 is 1.24 bits per heavy atom. The first kappa shape index (κ1) is 22.5. The number of amides is 1. The summed E-state index contributed by atoms with van der Waals surface area (Å²) >= 11 is 0. The number of nitrogens with one attached hydrogen (secondary N) is 1. The second-order valence-corrected chi connectivity index (χ2v) is 10.3. The number of unbranched alkanes of at least 4 members (excludes halogenated alkanes) is 1. The molecule has 1 amide bonds. The third-order valence-corrected chi connectivity index (χ3v) is 8.21. The van der Waals surface area contributed by atoms with E-state index in [-0.39, 0.29) is 17.8 Å². The number of nitrogens with zero attached hydrogens (tertiary/aromatic N) is 3. The third-order valence-electron chi connectivity index (χ3n) is 5.21. The molecular weight excluding hydrogens is 421 g/mol. The molecule has 1 aromatic heterocycles. The van der Waals surface area contributed by atoms with Gasteiger partial charge in [-0.3, -0.25) is 4.79 Å². The van der Waals surface area contributed by atoms with E-state index in [1.54, 1.807) is 0 Å². The molecule has 5 nitrogen and oxygen atoms in total. The van der Waals surface area contributed by atoms with Gasteiger partial charge in [-0.25, -0.2) is 9.97 Å². The number of hydrogen-bond acceptors (Lipinski definition) is 6. The number of hydrogen-bond donors (Lipinski definition) is 1. The molecule has 1 N–H and O–H groups in total. The summed E-state index contributed by atoms with van der Waals surface area (Å²) in [5.41, 5.74) is -0.912. The van der Waals surface area contributed by atoms with Crippen LogP contribution in [0.4, 0.5) is 19.0 Å². The van der Waals surface area contributed by atoms with Gasteiger partial charge in [-0.2, -0.15) is 13.2 Å². The third kappa shape index (κ3) is 6.94. The maximum absolute atomic E-state index is 13.0. The van der Waals surface area contributed by atoms with Crippen LogP contribution in [-0.2, 0) is 11.0 Å². The molecule has 0 unspecified atom stereocenters. The van der Waals surface area contributed by atoms with E-state index in [4.69, 9.17) is 0 Å². The molecule has 0 radical (unpaired) electrons. The molecular formula is C19H27F3N4OS2. The zero-order chi connectivity index (χ0) is 20.9. The van der Waals surface area contributed by atoms with E-state index in [2.05, 4.69) is 15.3 Å². The predicted molar refractivity (Wildman–Crippen MR) is 112 cm³/mol. The second-order valence-electron chi connectivity index (χ2n) is 7.56. The highest BCUT2D eigenvalue weighted by Gasteiger charge is 2.34. The van der Waals surface area contributed by atoms with Crippen molar-refractivity contribution in [3.63, 3.8) is 0 Å². The van der Waals surface area contributed by atoms with Gasteiger partial charge in [0.15, 0.2) is 0 Å². The Labute approximate surface area is 177 Å². The predicted octanol–water partition coefficient (Wildman–Crippen LogP) is 4.60. The monoisotopic (exact) mass is 448 g/mol. The van der Waals surface area contributed by atoms with E-state index in [0.717, 1.165) is 24.2 Å². The van der Waals surface area contributed by atoms with E-state index in [1.165, 1.54) is 25.5 Å². The Kier molecular flexibility index (Phi) is 7.95. The van der Waals surface area contributed by atoms with Gasteiger partial charge in [-0.15, -0.1) is 0 Å². The first-order chi connectivity index (χ1) is 13.8. The van der Waals surface area contributed by atoms with Crippen molar-refractivity contribution < 1.29 is 18.0 Å². The van der Waals surface area contributed by atoms with Crippen molar-refractivity contribution in [2.24, 2.45) is 0 Å². The van der Waals surface area contributed by atoms with Crippen molar-refractivity contribution in [3.05, 3.63) is 17.6 Å². The Bertz CT molecular complexity index is 691. The van der Waals surface area contributed by atoms with Gasteiger partial charge in [0.1, 0.15) is 17.3 Å². The number of halogens is 3. The van der Waals surface area contributed by atoms with Crippen LogP contribution in [0.2, 0.25) is 0 Å². The zero-order valence-corrected chi connectivity index (χ0v) is 18.1. The topological polar surface area (TPSA) is 58.1 Å². The quantitative estimate of drug-likeness (QED) is 0.486. The number of carbonyl (C=O) groups is 1. The van der Waals surface area contributed by atoms with E-state index >= 15 is 0 Å². The first-order valence-corrected chi connectivity index (χ1v) is 12.4. The van der Waals surface area contributed by atoms with E-state index in [0.29, 0.717) is 38.2 Å². The van der Waals surface area contributed by atoms with Gasteiger partial charge in [-0.05, 0) is 39.0 Å². The van der Waals surface area contributed by atoms with E-state index in [1.807, 2.05) is 26.5 Å². The number of alkyl halides is 3. The van der Waals surface area contributed by atoms with Gasteiger partial charge in [0.2, 0.25) is 5.91 Å². The van der Waals surface area contributed by atoms with Crippen LogP contribution < -0.4 is 10.2 Å². The number of aryl methyl sites for hydroxylation is 1. The number of anilines is 1. The molecule has 0 aliphatic carbocycles. The van der Waals surface area contributed by atoms with Gasteiger partial charge in [0, 0.05) is 42.6 Å². The number of aromatic nitrogens is 2. The minimum Gasteiger partial charge on any atom is -0.356 e. The Morgan fingerprint density at radius 2 is 2.00 bits per heavy atom. The molecule has 3 heterocycles. The molecule has 0 aromatic carbocycles. The standard InChI is InChI=1S/C19H27F3N4OS2/c1-13-23-16(19(20,21)22)12-17(24-13)26-9-6-14(7-10-26)25-18(27)5-3-2-4-15-8-11-28-29-15/h12,14-15H,2-11H2,1H3,(H,25,27)/t15-/m0/s1. The van der Waals surface area contributed by atoms with Crippen molar-refractivity contribution in [2.75, 3.05) is 23.7 Å². The highest BCUT2D eigenvalue weighted by Crippen LogP contribution is 2.39. The highest BCUT2D eigenvalue weighted by molar-refractivity contribution is 8.77. The first-order valence-electron chi connectivity index (χ1n) is 10.1. The van der Waals surface area contributed by atoms with Gasteiger partial charge < -0.3 is 10.2 Å². The van der Waals surface area contributed by atoms with Crippen LogP contribution in [0.15, 0.2) is 6.07 Å². The van der Waals surface area contributed by atoms with Crippen molar-refractivity contribution in [3.8, 4) is 0 Å². The highest BCUT2D eigenvalue weighted by atomic mass is 33.1. The summed E-state index contributed by atoms with van der Waals surface area (Å²) < 4.78 is 38.9. The van der Waals surface area contributed by atoms with Crippen molar-refractivity contribution in [2.45, 2.75) is 69.3 Å². The van der Waals surface area contributed by atoms with Gasteiger partial charge in [-0.1, -0.05) is 28.0 Å². The lowest BCUT2D eigenvalue weighted by Gasteiger charge is -2.33. The fourth-order valence-electron chi connectivity index (χ4n) is 3.63. The van der Waals surface area contributed by atoms with Crippen LogP contribution in [0.3, 0.4) is 0 Å². The fourth-order valence-corrected chi connectivity index (χ4v) is 6.66. The minimum absolute atomic E-state index is 0.0746. The molecule has 2 fully saturated rings. The van der Waals surface area contributed by atoms with Crippen LogP contribution in [0.1, 0.15) is 56.5 Å². The SMILES string of the molecule is Cc1nc(N2CCC(NC(=O)CCCC[C@H]3CCSS3)CC2)cc(C(F)(F)F)n1. The molecule has 2 saturated heterocycles. The molecule has 2 aliphatic rings. The molecule has 3 rings (SSSR count). The number of carbonyl (C=O) groups excluding carboxylic acids is 1. The summed E-state index contributed by atoms with van der Waals surface area (Å²) in [6.45, 7) is 2.60. The summed E-state index contributed by atoms with van der Waals surface area (Å²) in [4.78, 5) is 21.7. The van der Waals surface area contributed by atoms with Crippen LogP contribution in [-0.4, -0.2) is 46.0 Å². The largest absolute Gasteiger partial charge is 0.433 e. The lowest BCUT2D eigenvalue weighted by molar-refractivity contribution is -0.141. The number of piperidine rings is 1. The Balaban J connectivity index is 1.40. The van der Waals surface area contributed by atoms with Crippen molar-refractivity contribution >= 4 is 33.3 Å². The molecule has 29 heavy (non-hydrogen) atoms. The van der Waals surface area contributed by atoms with Crippen molar-refractivity contribution in [1.29, 1.82) is 0 Å². The Morgan fingerprint density at radius 3 is 2.66 bits per heavy atom. The Hall–Kier alpha value is -1.16. The average Bonchev–Trinajstić information content (AvgIpc) is 3.18. The van der Waals surface area contributed by atoms with E-state index in [9.17, 15) is 18.0 Å². The molecule has 10 heteroatoms. The minimum atomic E-state index is -4.48. The molecule has 162 valence electrons. The van der Waals surface area contributed by atoms with Crippen LogP contribution in [0, 0.1) is 6.92 Å². The summed E-state index contributed by atoms with van der Waals surface area (Å²) in [7, 11) is 3.91. The fraction of sp³-hybridized carbons (Fsp3) is 0.737. The van der Waals surface area contributed by atoms with Crippen LogP contribution >= 0.6 is 21.6 Å². The lowest BCUT2D eigenvalue weighted by atomic mass is 10.0. The van der Waals surface area contributed by atoms with Crippen molar-refractivity contribution in [1.82, 2.24) is 15.3 Å². The molecule has 1 atom stereocenters. The number of rotatable bonds is 7. The molecule has 2 aliphatic heterocycles. The summed E-state index contributed by atoms with van der Waals surface area (Å²) in [5, 5.41) is 3.82. The normalized spacial score (nSPS) is 20.8. The summed E-state index contributed by atoms with van der Waals surface area (Å²) in [6.07, 6.45) is 1.91. The average molecular weight is 449 g/mol. The zero-order valence-electron chi connectivity index (χ0n) is 16.5. The van der Waals surface area contributed by atoms with E-state index < -0.39 is 11.9 Å². The maximum atomic E-state index is 13.0. The molecule has 0 bridgehead atoms. The van der Waals surface area contributed by atoms with Crippen LogP contribution in [0.5, 0.6) is 0 Å². The second kappa shape index (κ2) is 10.2. The molecule has 1 aromatic rings. The summed E-state index contributed by atoms with van der Waals surface area (Å²) in [5.74, 6) is 1.73. The van der Waals surface area contributed by atoms with Gasteiger partial charge in [0.05, 0.1) is 0 Å².